The van der Waals surface area contributed by atoms with Gasteiger partial charge in [-0.15, -0.1) is 0 Å². The molecule has 1 aromatic carbocycles. The van der Waals surface area contributed by atoms with Gasteiger partial charge in [0.05, 0.1) is 7.11 Å². The van der Waals surface area contributed by atoms with Crippen molar-refractivity contribution in [2.45, 2.75) is 6.18 Å². The summed E-state index contributed by atoms with van der Waals surface area (Å²) in [6.07, 6.45) is -3.26. The van der Waals surface area contributed by atoms with Gasteiger partial charge in [0.25, 0.3) is 0 Å². The minimum atomic E-state index is -4.33. The van der Waals surface area contributed by atoms with Crippen molar-refractivity contribution in [2.24, 2.45) is 0 Å². The van der Waals surface area contributed by atoms with Crippen LogP contribution in [0.2, 0.25) is 0 Å². The number of nitrogen functional groups attached to an aromatic ring is 1. The molecule has 0 atom stereocenters. The predicted molar refractivity (Wildman–Crippen MR) is 52.5 cm³/mol. The molecule has 1 rings (SSSR count). The van der Waals surface area contributed by atoms with Crippen molar-refractivity contribution in [3.8, 4) is 5.75 Å². The fourth-order valence-electron chi connectivity index (χ4n) is 1.02. The van der Waals surface area contributed by atoms with Gasteiger partial charge >= 0.3 is 6.18 Å². The first-order valence-corrected chi connectivity index (χ1v) is 4.12. The number of methoxy groups -OCH3 is 1. The van der Waals surface area contributed by atoms with Crippen LogP contribution in [0.4, 0.5) is 18.9 Å². The summed E-state index contributed by atoms with van der Waals surface area (Å²) in [5, 5.41) is 0. The molecule has 0 radical (unpaired) electrons. The van der Waals surface area contributed by atoms with Crippen molar-refractivity contribution in [1.82, 2.24) is 0 Å². The van der Waals surface area contributed by atoms with Crippen LogP contribution in [0.1, 0.15) is 5.56 Å². The van der Waals surface area contributed by atoms with E-state index in [1.165, 1.54) is 19.2 Å². The molecule has 0 fully saturated rings. The fraction of sp³-hybridized carbons (Fsp3) is 0.200. The summed E-state index contributed by atoms with van der Waals surface area (Å²) in [7, 11) is 1.46. The summed E-state index contributed by atoms with van der Waals surface area (Å²) < 4.78 is 40.5. The normalized spacial score (nSPS) is 12.0. The van der Waals surface area contributed by atoms with E-state index < -0.39 is 6.18 Å². The van der Waals surface area contributed by atoms with Gasteiger partial charge in [-0.25, -0.2) is 0 Å². The minimum Gasteiger partial charge on any atom is -0.497 e. The number of alkyl halides is 3. The molecule has 1 aromatic rings. The number of allylic oxidation sites excluding steroid dienone is 1. The zero-order valence-corrected chi connectivity index (χ0v) is 8.01. The van der Waals surface area contributed by atoms with Gasteiger partial charge in [-0.1, -0.05) is 0 Å². The van der Waals surface area contributed by atoms with Crippen molar-refractivity contribution in [2.75, 3.05) is 12.8 Å². The molecule has 0 unspecified atom stereocenters. The number of hydrogen-bond acceptors (Lipinski definition) is 2. The van der Waals surface area contributed by atoms with Crippen LogP contribution in [-0.4, -0.2) is 13.3 Å². The number of benzene rings is 1. The smallest absolute Gasteiger partial charge is 0.409 e. The summed E-state index contributed by atoms with van der Waals surface area (Å²) in [5.41, 5.74) is 6.09. The van der Waals surface area contributed by atoms with E-state index in [0.717, 1.165) is 6.08 Å². The van der Waals surface area contributed by atoms with Gasteiger partial charge in [0, 0.05) is 17.8 Å². The molecule has 82 valence electrons. The van der Waals surface area contributed by atoms with E-state index in [2.05, 4.69) is 0 Å². The molecule has 0 aliphatic carbocycles. The first kappa shape index (κ1) is 11.4. The zero-order valence-electron chi connectivity index (χ0n) is 8.01. The Morgan fingerprint density at radius 1 is 1.33 bits per heavy atom. The highest BCUT2D eigenvalue weighted by Crippen LogP contribution is 2.23. The second-order valence-corrected chi connectivity index (χ2v) is 2.87. The Morgan fingerprint density at radius 2 is 2.00 bits per heavy atom. The van der Waals surface area contributed by atoms with E-state index in [0.29, 0.717) is 11.3 Å². The molecule has 0 saturated carbocycles. The molecule has 0 spiro atoms. The van der Waals surface area contributed by atoms with Gasteiger partial charge < -0.3 is 10.5 Å². The molecule has 2 N–H and O–H groups in total. The first-order valence-electron chi connectivity index (χ1n) is 4.12. The fourth-order valence-corrected chi connectivity index (χ4v) is 1.02. The number of anilines is 1. The predicted octanol–water partition coefficient (Wildman–Crippen LogP) is 2.85. The Bertz CT molecular complexity index is 371. The Balaban J connectivity index is 2.92. The second-order valence-electron chi connectivity index (χ2n) is 2.87. The molecular formula is C10H10F3NO. The summed E-state index contributed by atoms with van der Waals surface area (Å²) >= 11 is 0. The molecule has 0 saturated heterocycles. The van der Waals surface area contributed by atoms with E-state index in [-0.39, 0.29) is 11.8 Å². The van der Waals surface area contributed by atoms with E-state index in [1.54, 1.807) is 6.07 Å². The van der Waals surface area contributed by atoms with Crippen LogP contribution in [0.3, 0.4) is 0 Å². The van der Waals surface area contributed by atoms with Crippen molar-refractivity contribution >= 4 is 11.8 Å². The summed E-state index contributed by atoms with van der Waals surface area (Å²) in [6, 6.07) is 4.48. The van der Waals surface area contributed by atoms with E-state index in [1.807, 2.05) is 0 Å². The van der Waals surface area contributed by atoms with Gasteiger partial charge in [0.2, 0.25) is 0 Å². The highest BCUT2D eigenvalue weighted by Gasteiger charge is 2.21. The Labute approximate surface area is 85.2 Å². The van der Waals surface area contributed by atoms with Gasteiger partial charge in [-0.05, 0) is 23.8 Å². The lowest BCUT2D eigenvalue weighted by molar-refractivity contribution is -0.0790. The molecule has 15 heavy (non-hydrogen) atoms. The molecule has 0 aliphatic heterocycles. The molecule has 0 aromatic heterocycles. The van der Waals surface area contributed by atoms with Crippen molar-refractivity contribution < 1.29 is 17.9 Å². The number of nitrogens with two attached hydrogens (primary N) is 1. The lowest BCUT2D eigenvalue weighted by Crippen LogP contribution is -2.00. The number of halogens is 3. The second kappa shape index (κ2) is 4.25. The van der Waals surface area contributed by atoms with Crippen LogP contribution in [0, 0.1) is 0 Å². The molecule has 5 heteroatoms. The van der Waals surface area contributed by atoms with Crippen molar-refractivity contribution in [1.29, 1.82) is 0 Å². The van der Waals surface area contributed by atoms with E-state index in [9.17, 15) is 13.2 Å². The lowest BCUT2D eigenvalue weighted by atomic mass is 10.1. The molecule has 2 nitrogen and oxygen atoms in total. The third kappa shape index (κ3) is 3.53. The number of rotatable bonds is 2. The third-order valence-electron chi connectivity index (χ3n) is 1.75. The maximum atomic E-state index is 11.9. The molecular weight excluding hydrogens is 207 g/mol. The van der Waals surface area contributed by atoms with Gasteiger partial charge in [0.15, 0.2) is 0 Å². The first-order chi connectivity index (χ1) is 6.92. The van der Waals surface area contributed by atoms with Crippen molar-refractivity contribution in [3.05, 3.63) is 29.8 Å². The molecule has 0 bridgehead atoms. The zero-order chi connectivity index (χ0) is 11.5. The Kier molecular flexibility index (Phi) is 3.24. The van der Waals surface area contributed by atoms with Crippen LogP contribution >= 0.6 is 0 Å². The summed E-state index contributed by atoms with van der Waals surface area (Å²) in [4.78, 5) is 0. The van der Waals surface area contributed by atoms with E-state index in [4.69, 9.17) is 10.5 Å². The van der Waals surface area contributed by atoms with Crippen LogP contribution < -0.4 is 10.5 Å². The monoisotopic (exact) mass is 217 g/mol. The SMILES string of the molecule is COc1ccc(/C=C/C(F)(F)F)c(N)c1. The average Bonchev–Trinajstić information content (AvgIpc) is 2.14. The molecule has 0 aliphatic rings. The third-order valence-corrected chi connectivity index (χ3v) is 1.75. The largest absolute Gasteiger partial charge is 0.497 e. The average molecular weight is 217 g/mol. The summed E-state index contributed by atoms with van der Waals surface area (Å²) in [5.74, 6) is 0.511. The highest BCUT2D eigenvalue weighted by molar-refractivity contribution is 5.66. The maximum absolute atomic E-state index is 11.9. The Hall–Kier alpha value is -1.65. The topological polar surface area (TPSA) is 35.2 Å². The Morgan fingerprint density at radius 3 is 2.47 bits per heavy atom. The molecule has 0 amide bonds. The lowest BCUT2D eigenvalue weighted by Gasteiger charge is -2.04. The van der Waals surface area contributed by atoms with Crippen LogP contribution in [0.5, 0.6) is 5.75 Å². The van der Waals surface area contributed by atoms with Crippen LogP contribution in [0.25, 0.3) is 6.08 Å². The van der Waals surface area contributed by atoms with Crippen LogP contribution in [-0.2, 0) is 0 Å². The summed E-state index contributed by atoms with van der Waals surface area (Å²) in [6.45, 7) is 0. The quantitative estimate of drug-likeness (QED) is 0.773. The van der Waals surface area contributed by atoms with Crippen LogP contribution in [0.15, 0.2) is 24.3 Å². The van der Waals surface area contributed by atoms with E-state index >= 15 is 0 Å². The van der Waals surface area contributed by atoms with Crippen molar-refractivity contribution in [3.63, 3.8) is 0 Å². The van der Waals surface area contributed by atoms with Gasteiger partial charge in [0.1, 0.15) is 5.75 Å². The highest BCUT2D eigenvalue weighted by atomic mass is 19.4. The number of ether oxygens (including phenoxy) is 1. The standard InChI is InChI=1S/C10H10F3NO/c1-15-8-3-2-7(9(14)6-8)4-5-10(11,12)13/h2-6H,14H2,1H3/b5-4+. The maximum Gasteiger partial charge on any atom is 0.409 e. The van der Waals surface area contributed by atoms with Gasteiger partial charge in [-0.2, -0.15) is 13.2 Å². The number of hydrogen-bond donors (Lipinski definition) is 1. The minimum absolute atomic E-state index is 0.144. The van der Waals surface area contributed by atoms with Gasteiger partial charge in [-0.3, -0.25) is 0 Å². The molecule has 0 heterocycles.